The Morgan fingerprint density at radius 3 is 2.14 bits per heavy atom. The van der Waals surface area contributed by atoms with Crippen molar-refractivity contribution in [1.82, 2.24) is 5.32 Å². The lowest BCUT2D eigenvalue weighted by Crippen LogP contribution is -2.41. The van der Waals surface area contributed by atoms with Crippen molar-refractivity contribution in [3.63, 3.8) is 0 Å². The molecule has 1 rings (SSSR count). The fraction of sp³-hybridized carbons (Fsp3) is 0.647. The van der Waals surface area contributed by atoms with Crippen molar-refractivity contribution < 1.29 is 9.47 Å². The predicted octanol–water partition coefficient (Wildman–Crippen LogP) is 4.66. The van der Waals surface area contributed by atoms with Crippen molar-refractivity contribution in [3.8, 4) is 11.5 Å². The van der Waals surface area contributed by atoms with Crippen LogP contribution in [0.3, 0.4) is 0 Å². The average Bonchev–Trinajstić information content (AvgIpc) is 2.32. The van der Waals surface area contributed by atoms with Crippen LogP contribution in [0, 0.1) is 5.41 Å². The van der Waals surface area contributed by atoms with Gasteiger partial charge in [-0.05, 0) is 43.4 Å². The maximum Gasteiger partial charge on any atom is 0.179 e. The van der Waals surface area contributed by atoms with Crippen LogP contribution in [0.15, 0.2) is 12.1 Å². The molecule has 0 atom stereocenters. The number of rotatable bonds is 6. The third-order valence-corrected chi connectivity index (χ3v) is 3.52. The van der Waals surface area contributed by atoms with E-state index in [1.165, 1.54) is 0 Å². The van der Waals surface area contributed by atoms with Crippen LogP contribution in [0.2, 0.25) is 5.02 Å². The number of methoxy groups -OCH3 is 2. The second kappa shape index (κ2) is 6.89. The summed E-state index contributed by atoms with van der Waals surface area (Å²) in [6.45, 7) is 11.9. The van der Waals surface area contributed by atoms with Crippen LogP contribution in [0.25, 0.3) is 0 Å². The highest BCUT2D eigenvalue weighted by atomic mass is 35.5. The molecule has 0 spiro atoms. The van der Waals surface area contributed by atoms with E-state index in [1.807, 2.05) is 12.1 Å². The lowest BCUT2D eigenvalue weighted by Gasteiger charge is -2.33. The molecule has 0 aromatic heterocycles. The van der Waals surface area contributed by atoms with Crippen molar-refractivity contribution in [2.75, 3.05) is 14.2 Å². The Labute approximate surface area is 134 Å². The lowest BCUT2D eigenvalue weighted by atomic mass is 9.82. The first-order valence-electron chi connectivity index (χ1n) is 7.23. The summed E-state index contributed by atoms with van der Waals surface area (Å²) < 4.78 is 10.6. The van der Waals surface area contributed by atoms with Gasteiger partial charge in [0.1, 0.15) is 0 Å². The van der Waals surface area contributed by atoms with Gasteiger partial charge in [0.15, 0.2) is 11.5 Å². The highest BCUT2D eigenvalue weighted by Gasteiger charge is 2.25. The van der Waals surface area contributed by atoms with Crippen molar-refractivity contribution in [2.24, 2.45) is 5.41 Å². The minimum absolute atomic E-state index is 0.0535. The van der Waals surface area contributed by atoms with Gasteiger partial charge in [-0.25, -0.2) is 0 Å². The monoisotopic (exact) mass is 313 g/mol. The summed E-state index contributed by atoms with van der Waals surface area (Å²) >= 11 is 6.24. The van der Waals surface area contributed by atoms with Crippen molar-refractivity contribution in [3.05, 3.63) is 22.7 Å². The van der Waals surface area contributed by atoms with Gasteiger partial charge in [-0.2, -0.15) is 0 Å². The Bertz CT molecular complexity index is 478. The van der Waals surface area contributed by atoms with Crippen LogP contribution in [-0.4, -0.2) is 19.8 Å². The van der Waals surface area contributed by atoms with Gasteiger partial charge in [0.2, 0.25) is 0 Å². The van der Waals surface area contributed by atoms with Gasteiger partial charge in [0, 0.05) is 12.1 Å². The van der Waals surface area contributed by atoms with Crippen LogP contribution in [0.4, 0.5) is 0 Å². The van der Waals surface area contributed by atoms with E-state index in [0.717, 1.165) is 18.5 Å². The van der Waals surface area contributed by atoms with Gasteiger partial charge < -0.3 is 14.8 Å². The highest BCUT2D eigenvalue weighted by Crippen LogP contribution is 2.36. The topological polar surface area (TPSA) is 30.5 Å². The van der Waals surface area contributed by atoms with Gasteiger partial charge >= 0.3 is 0 Å². The molecule has 120 valence electrons. The molecule has 0 saturated carbocycles. The Hall–Kier alpha value is -0.930. The summed E-state index contributed by atoms with van der Waals surface area (Å²) in [7, 11) is 3.21. The van der Waals surface area contributed by atoms with Gasteiger partial charge in [0.25, 0.3) is 0 Å². The molecule has 0 bridgehead atoms. The minimum Gasteiger partial charge on any atom is -0.493 e. The van der Waals surface area contributed by atoms with Crippen LogP contribution in [0.5, 0.6) is 11.5 Å². The normalized spacial score (nSPS) is 12.4. The van der Waals surface area contributed by atoms with Crippen LogP contribution in [-0.2, 0) is 6.54 Å². The standard InChI is InChI=1S/C17H28ClNO2/c1-16(2,3)11-17(4,5)19-10-12-8-13(18)15(21-7)14(9-12)20-6/h8-9,19H,10-11H2,1-7H3. The van der Waals surface area contributed by atoms with E-state index >= 15 is 0 Å². The van der Waals surface area contributed by atoms with E-state index in [-0.39, 0.29) is 11.0 Å². The molecule has 3 nitrogen and oxygen atoms in total. The van der Waals surface area contributed by atoms with E-state index in [4.69, 9.17) is 21.1 Å². The van der Waals surface area contributed by atoms with E-state index in [0.29, 0.717) is 16.5 Å². The molecular formula is C17H28ClNO2. The van der Waals surface area contributed by atoms with Gasteiger partial charge in [-0.3, -0.25) is 0 Å². The fourth-order valence-electron chi connectivity index (χ4n) is 2.80. The lowest BCUT2D eigenvalue weighted by molar-refractivity contribution is 0.240. The zero-order valence-electron chi connectivity index (χ0n) is 14.3. The first-order valence-corrected chi connectivity index (χ1v) is 7.61. The van der Waals surface area contributed by atoms with Gasteiger partial charge in [-0.15, -0.1) is 0 Å². The summed E-state index contributed by atoms with van der Waals surface area (Å²) in [5.41, 5.74) is 1.42. The summed E-state index contributed by atoms with van der Waals surface area (Å²) in [6.07, 6.45) is 1.08. The molecule has 1 aromatic carbocycles. The molecule has 0 aliphatic carbocycles. The average molecular weight is 314 g/mol. The van der Waals surface area contributed by atoms with Crippen LogP contribution in [0.1, 0.15) is 46.6 Å². The largest absolute Gasteiger partial charge is 0.493 e. The Kier molecular flexibility index (Phi) is 5.94. The number of hydrogen-bond donors (Lipinski definition) is 1. The molecule has 21 heavy (non-hydrogen) atoms. The second-order valence-electron chi connectivity index (χ2n) is 7.29. The second-order valence-corrected chi connectivity index (χ2v) is 7.70. The van der Waals surface area contributed by atoms with Crippen LogP contribution >= 0.6 is 11.6 Å². The maximum absolute atomic E-state index is 6.24. The zero-order chi connectivity index (χ0) is 16.3. The Balaban J connectivity index is 2.82. The summed E-state index contributed by atoms with van der Waals surface area (Å²) in [4.78, 5) is 0. The number of halogens is 1. The molecule has 0 saturated heterocycles. The molecule has 1 aromatic rings. The quantitative estimate of drug-likeness (QED) is 0.828. The minimum atomic E-state index is 0.0535. The molecule has 1 N–H and O–H groups in total. The first-order chi connectivity index (χ1) is 9.58. The molecule has 0 radical (unpaired) electrons. The number of hydrogen-bond acceptors (Lipinski definition) is 3. The molecule has 0 unspecified atom stereocenters. The van der Waals surface area contributed by atoms with Crippen molar-refractivity contribution >= 4 is 11.6 Å². The Morgan fingerprint density at radius 1 is 1.05 bits per heavy atom. The predicted molar refractivity (Wildman–Crippen MR) is 89.5 cm³/mol. The third kappa shape index (κ3) is 5.76. The maximum atomic E-state index is 6.24. The molecule has 0 aliphatic rings. The van der Waals surface area contributed by atoms with Gasteiger partial charge in [0.05, 0.1) is 19.2 Å². The molecule has 0 amide bonds. The Morgan fingerprint density at radius 2 is 1.67 bits per heavy atom. The summed E-state index contributed by atoms with van der Waals surface area (Å²) in [5.74, 6) is 1.24. The fourth-order valence-corrected chi connectivity index (χ4v) is 3.11. The van der Waals surface area contributed by atoms with E-state index in [9.17, 15) is 0 Å². The summed E-state index contributed by atoms with van der Waals surface area (Å²) in [6, 6.07) is 3.88. The van der Waals surface area contributed by atoms with Crippen LogP contribution < -0.4 is 14.8 Å². The number of nitrogens with one attached hydrogen (secondary N) is 1. The SMILES string of the molecule is COc1cc(CNC(C)(C)CC(C)(C)C)cc(Cl)c1OC. The van der Waals surface area contributed by atoms with E-state index in [1.54, 1.807) is 14.2 Å². The third-order valence-electron chi connectivity index (χ3n) is 3.24. The summed E-state index contributed by atoms with van der Waals surface area (Å²) in [5, 5.41) is 4.16. The van der Waals surface area contributed by atoms with Crippen molar-refractivity contribution in [1.29, 1.82) is 0 Å². The first kappa shape index (κ1) is 18.1. The molecule has 4 heteroatoms. The highest BCUT2D eigenvalue weighted by molar-refractivity contribution is 6.32. The van der Waals surface area contributed by atoms with Crippen molar-refractivity contribution in [2.45, 2.75) is 53.1 Å². The molecular weight excluding hydrogens is 286 g/mol. The molecule has 0 aliphatic heterocycles. The number of ether oxygens (including phenoxy) is 2. The zero-order valence-corrected chi connectivity index (χ0v) is 15.0. The van der Waals surface area contributed by atoms with Gasteiger partial charge in [-0.1, -0.05) is 32.4 Å². The molecule has 0 fully saturated rings. The van der Waals surface area contributed by atoms with E-state index < -0.39 is 0 Å². The molecule has 0 heterocycles. The smallest absolute Gasteiger partial charge is 0.179 e. The number of benzene rings is 1. The van der Waals surface area contributed by atoms with E-state index in [2.05, 4.69) is 39.9 Å².